The number of aliphatic carboxylic acids is 1. The number of ether oxygens (including phenoxy) is 1. The topological polar surface area (TPSA) is 49.8 Å². The first-order chi connectivity index (χ1) is 17.7. The average molecular weight is 522 g/mol. The van der Waals surface area contributed by atoms with Crippen LogP contribution in [0, 0.1) is 11.8 Å². The molecule has 0 amide bonds. The van der Waals surface area contributed by atoms with Gasteiger partial charge in [0.15, 0.2) is 0 Å². The molecule has 5 rings (SSSR count). The zero-order valence-electron chi connectivity index (χ0n) is 21.1. The van der Waals surface area contributed by atoms with Crippen LogP contribution in [-0.4, -0.2) is 40.3 Å². The molecule has 2 bridgehead atoms. The minimum absolute atomic E-state index is 0.0370. The fraction of sp³-hybridized carbons (Fsp3) is 0.621. The molecule has 1 aliphatic carbocycles. The van der Waals surface area contributed by atoms with Gasteiger partial charge in [0.1, 0.15) is 12.4 Å². The maximum atomic E-state index is 14.4. The van der Waals surface area contributed by atoms with Crippen molar-refractivity contribution in [3.63, 3.8) is 0 Å². The van der Waals surface area contributed by atoms with Gasteiger partial charge in [0.2, 0.25) is 0 Å². The number of carboxylic acid groups (broad SMARTS) is 1. The maximum absolute atomic E-state index is 14.4. The molecule has 0 aromatic heterocycles. The van der Waals surface area contributed by atoms with Crippen LogP contribution in [0.4, 0.5) is 17.6 Å². The third-order valence-corrected chi connectivity index (χ3v) is 8.99. The summed E-state index contributed by atoms with van der Waals surface area (Å²) in [4.78, 5) is 14.1. The zero-order valence-corrected chi connectivity index (χ0v) is 21.1. The van der Waals surface area contributed by atoms with E-state index in [1.807, 2.05) is 18.2 Å². The predicted molar refractivity (Wildman–Crippen MR) is 133 cm³/mol. The Morgan fingerprint density at radius 3 is 2.30 bits per heavy atom. The van der Waals surface area contributed by atoms with E-state index in [2.05, 4.69) is 17.9 Å². The quantitative estimate of drug-likeness (QED) is 0.398. The summed E-state index contributed by atoms with van der Waals surface area (Å²) < 4.78 is 59.6. The lowest BCUT2D eigenvalue weighted by Crippen LogP contribution is -2.53. The molecule has 2 aromatic rings. The van der Waals surface area contributed by atoms with Crippen molar-refractivity contribution in [3.05, 3.63) is 41.5 Å². The van der Waals surface area contributed by atoms with Crippen molar-refractivity contribution < 1.29 is 32.2 Å². The van der Waals surface area contributed by atoms with Crippen molar-refractivity contribution in [2.45, 2.75) is 102 Å². The molecule has 2 heterocycles. The number of piperidine rings is 2. The molecule has 2 saturated heterocycles. The Morgan fingerprint density at radius 1 is 1.05 bits per heavy atom. The Hall–Kier alpha value is -2.35. The lowest BCUT2D eigenvalue weighted by atomic mass is 9.77. The van der Waals surface area contributed by atoms with Crippen LogP contribution >= 0.6 is 0 Å². The minimum Gasteiger partial charge on any atom is -0.490 e. The molecule has 1 N–H and O–H groups in total. The van der Waals surface area contributed by atoms with Gasteiger partial charge in [-0.25, -0.2) is 4.39 Å². The summed E-state index contributed by atoms with van der Waals surface area (Å²) in [6, 6.07) is 10.2. The maximum Gasteiger partial charge on any atom is 0.391 e. The molecular weight excluding hydrogens is 486 g/mol. The van der Waals surface area contributed by atoms with Gasteiger partial charge in [-0.2, -0.15) is 13.2 Å². The minimum atomic E-state index is -4.17. The molecule has 0 spiro atoms. The molecule has 0 radical (unpaired) electrons. The summed E-state index contributed by atoms with van der Waals surface area (Å²) in [5.41, 5.74) is 1.49. The molecule has 8 heteroatoms. The third kappa shape index (κ3) is 5.31. The first-order valence-corrected chi connectivity index (χ1v) is 13.5. The van der Waals surface area contributed by atoms with Gasteiger partial charge in [-0.05, 0) is 86.8 Å². The Labute approximate surface area is 215 Å². The van der Waals surface area contributed by atoms with Crippen molar-refractivity contribution in [3.8, 4) is 5.75 Å². The van der Waals surface area contributed by atoms with E-state index >= 15 is 0 Å². The molecule has 3 atom stereocenters. The zero-order chi connectivity index (χ0) is 26.3. The Balaban J connectivity index is 1.37. The molecule has 3 aliphatic rings. The average Bonchev–Trinajstić information content (AvgIpc) is 2.86. The van der Waals surface area contributed by atoms with Gasteiger partial charge < -0.3 is 9.84 Å². The number of carbonyl (C=O) groups is 1. The van der Waals surface area contributed by atoms with E-state index < -0.39 is 24.7 Å². The van der Waals surface area contributed by atoms with Crippen LogP contribution in [0.1, 0.15) is 81.9 Å². The van der Waals surface area contributed by atoms with E-state index in [1.165, 1.54) is 0 Å². The van der Waals surface area contributed by atoms with E-state index in [1.54, 1.807) is 6.07 Å². The highest BCUT2D eigenvalue weighted by Crippen LogP contribution is 2.43. The molecule has 4 nitrogen and oxygen atoms in total. The Bertz CT molecular complexity index is 1110. The number of halogens is 4. The summed E-state index contributed by atoms with van der Waals surface area (Å²) in [7, 11) is 0. The molecule has 2 aliphatic heterocycles. The fourth-order valence-electron chi connectivity index (χ4n) is 7.00. The second-order valence-corrected chi connectivity index (χ2v) is 11.2. The second kappa shape index (κ2) is 10.4. The standard InChI is InChI=1S/C29H35F4NO3/c1-17(34-22-3-2-4-23(34)14-20(13-22)28(35)36)19-6-5-18-7-12-27(26(16-30)25(18)15-19)37-24-10-8-21(9-11-24)29(31,32)33/h5-7,12,15,17,20-24H,2-4,8-11,13-14,16H2,1H3,(H,35,36)/t17-,20?,21?,22?,23?,24?/m1/s1. The Morgan fingerprint density at radius 2 is 1.70 bits per heavy atom. The first-order valence-electron chi connectivity index (χ1n) is 13.5. The largest absolute Gasteiger partial charge is 0.490 e. The molecule has 37 heavy (non-hydrogen) atoms. The highest BCUT2D eigenvalue weighted by molar-refractivity contribution is 5.88. The number of hydrogen-bond donors (Lipinski definition) is 1. The fourth-order valence-corrected chi connectivity index (χ4v) is 7.00. The molecule has 202 valence electrons. The summed E-state index contributed by atoms with van der Waals surface area (Å²) in [6.45, 7) is 1.42. The number of alkyl halides is 4. The summed E-state index contributed by atoms with van der Waals surface area (Å²) in [5, 5.41) is 11.2. The van der Waals surface area contributed by atoms with Gasteiger partial charge in [0.05, 0.1) is 17.9 Å². The third-order valence-electron chi connectivity index (χ3n) is 8.99. The van der Waals surface area contributed by atoms with E-state index in [-0.39, 0.29) is 43.0 Å². The van der Waals surface area contributed by atoms with E-state index in [0.717, 1.165) is 35.6 Å². The van der Waals surface area contributed by atoms with Crippen LogP contribution in [0.15, 0.2) is 30.3 Å². The highest BCUT2D eigenvalue weighted by atomic mass is 19.4. The number of nitrogens with zero attached hydrogens (tertiary/aromatic N) is 1. The van der Waals surface area contributed by atoms with Gasteiger partial charge in [-0.1, -0.05) is 24.6 Å². The van der Waals surface area contributed by atoms with Crippen LogP contribution in [0.25, 0.3) is 10.8 Å². The molecule has 2 aromatic carbocycles. The lowest BCUT2D eigenvalue weighted by molar-refractivity contribution is -0.185. The number of rotatable bonds is 6. The monoisotopic (exact) mass is 521 g/mol. The smallest absolute Gasteiger partial charge is 0.391 e. The van der Waals surface area contributed by atoms with E-state index in [4.69, 9.17) is 4.74 Å². The van der Waals surface area contributed by atoms with Crippen LogP contribution < -0.4 is 4.74 Å². The normalized spacial score (nSPS) is 29.7. The van der Waals surface area contributed by atoms with Gasteiger partial charge in [-0.3, -0.25) is 9.69 Å². The van der Waals surface area contributed by atoms with Gasteiger partial charge in [0.25, 0.3) is 0 Å². The highest BCUT2D eigenvalue weighted by Gasteiger charge is 2.43. The van der Waals surface area contributed by atoms with Crippen LogP contribution in [-0.2, 0) is 11.5 Å². The predicted octanol–water partition coefficient (Wildman–Crippen LogP) is 7.59. The number of fused-ring (bicyclic) bond motifs is 3. The van der Waals surface area contributed by atoms with Gasteiger partial charge in [-0.15, -0.1) is 0 Å². The molecule has 1 saturated carbocycles. The van der Waals surface area contributed by atoms with Crippen molar-refractivity contribution in [2.24, 2.45) is 11.8 Å². The van der Waals surface area contributed by atoms with Crippen molar-refractivity contribution in [1.82, 2.24) is 4.90 Å². The lowest BCUT2D eigenvalue weighted by Gasteiger charge is -2.51. The van der Waals surface area contributed by atoms with E-state index in [9.17, 15) is 27.5 Å². The number of carboxylic acids is 1. The number of benzene rings is 2. The molecule has 2 unspecified atom stereocenters. The van der Waals surface area contributed by atoms with Gasteiger partial charge in [0, 0.05) is 23.7 Å². The van der Waals surface area contributed by atoms with Crippen molar-refractivity contribution in [2.75, 3.05) is 0 Å². The number of hydrogen-bond acceptors (Lipinski definition) is 3. The summed E-state index contributed by atoms with van der Waals surface area (Å²) in [6.07, 6.45) is 0.572. The van der Waals surface area contributed by atoms with E-state index in [0.29, 0.717) is 37.0 Å². The SMILES string of the molecule is C[C@H](c1ccc2ccc(OC3CCC(C(F)(F)F)CC3)c(CF)c2c1)N1C2CCCC1CC(C(=O)O)C2. The van der Waals surface area contributed by atoms with Crippen molar-refractivity contribution >= 4 is 16.7 Å². The molecular formula is C29H35F4NO3. The summed E-state index contributed by atoms with van der Waals surface area (Å²) >= 11 is 0. The second-order valence-electron chi connectivity index (χ2n) is 11.2. The van der Waals surface area contributed by atoms with Crippen LogP contribution in [0.3, 0.4) is 0 Å². The van der Waals surface area contributed by atoms with Crippen LogP contribution in [0.5, 0.6) is 5.75 Å². The molecule has 3 fully saturated rings. The summed E-state index contributed by atoms with van der Waals surface area (Å²) in [5.74, 6) is -1.87. The van der Waals surface area contributed by atoms with Crippen molar-refractivity contribution in [1.29, 1.82) is 0 Å². The first kappa shape index (κ1) is 26.3. The Kier molecular flexibility index (Phi) is 7.40. The van der Waals surface area contributed by atoms with Gasteiger partial charge >= 0.3 is 12.1 Å². The van der Waals surface area contributed by atoms with Crippen LogP contribution in [0.2, 0.25) is 0 Å².